The van der Waals surface area contributed by atoms with Crippen molar-refractivity contribution in [2.24, 2.45) is 5.73 Å². The van der Waals surface area contributed by atoms with Crippen molar-refractivity contribution < 1.29 is 4.79 Å². The van der Waals surface area contributed by atoms with Crippen molar-refractivity contribution in [1.82, 2.24) is 9.88 Å². The fraction of sp³-hybridized carbons (Fsp3) is 0.429. The fourth-order valence-electron chi connectivity index (χ4n) is 2.57. The molecule has 0 bridgehead atoms. The number of thiophene rings is 1. The predicted molar refractivity (Wildman–Crippen MR) is 98.1 cm³/mol. The second-order valence-corrected chi connectivity index (χ2v) is 8.35. The number of carbonyl (C=O) groups is 1. The summed E-state index contributed by atoms with van der Waals surface area (Å²) in [7, 11) is 0. The summed E-state index contributed by atoms with van der Waals surface area (Å²) in [6, 6.07) is 4.18. The molecule has 1 atom stereocenters. The van der Waals surface area contributed by atoms with Crippen molar-refractivity contribution in [3.63, 3.8) is 0 Å². The van der Waals surface area contributed by atoms with Crippen LogP contribution in [0.4, 0.5) is 0 Å². The van der Waals surface area contributed by atoms with Crippen molar-refractivity contribution >= 4 is 56.9 Å². The van der Waals surface area contributed by atoms with Crippen LogP contribution in [0.2, 0.25) is 0 Å². The van der Waals surface area contributed by atoms with E-state index >= 15 is 0 Å². The van der Waals surface area contributed by atoms with Gasteiger partial charge in [0.05, 0.1) is 8.66 Å². The van der Waals surface area contributed by atoms with Gasteiger partial charge >= 0.3 is 0 Å². The number of likely N-dealkylation sites (tertiary alicyclic amines) is 1. The zero-order valence-corrected chi connectivity index (χ0v) is 15.9. The molecular formula is C14H17BrClN3OS2. The minimum absolute atomic E-state index is 0. The highest BCUT2D eigenvalue weighted by Crippen LogP contribution is 2.33. The zero-order chi connectivity index (χ0) is 14.8. The monoisotopic (exact) mass is 421 g/mol. The standard InChI is InChI=1S/C14H16BrN3OS2.ClH/c15-12-5-4-11(21-12)13-17-10(8-20-13)14(19)18-6-2-1-3-9(18)7-16;/h4-5,8-9H,1-3,6-7,16H2;1H. The van der Waals surface area contributed by atoms with E-state index in [2.05, 4.69) is 20.9 Å². The molecule has 1 aliphatic rings. The average Bonchev–Trinajstić information content (AvgIpc) is 3.15. The molecule has 1 unspecified atom stereocenters. The number of nitrogens with zero attached hydrogens (tertiary/aromatic N) is 2. The highest BCUT2D eigenvalue weighted by Gasteiger charge is 2.28. The summed E-state index contributed by atoms with van der Waals surface area (Å²) in [5.74, 6) is 0.0169. The van der Waals surface area contributed by atoms with Crippen molar-refractivity contribution in [2.75, 3.05) is 13.1 Å². The quantitative estimate of drug-likeness (QED) is 0.813. The highest BCUT2D eigenvalue weighted by atomic mass is 79.9. The molecule has 1 saturated heterocycles. The minimum atomic E-state index is 0. The molecule has 120 valence electrons. The molecule has 8 heteroatoms. The molecule has 0 spiro atoms. The van der Waals surface area contributed by atoms with E-state index in [1.54, 1.807) is 11.3 Å². The van der Waals surface area contributed by atoms with Gasteiger partial charge in [-0.2, -0.15) is 0 Å². The molecule has 0 aromatic carbocycles. The van der Waals surface area contributed by atoms with Crippen LogP contribution in [-0.2, 0) is 0 Å². The van der Waals surface area contributed by atoms with Gasteiger partial charge in [0, 0.05) is 24.5 Å². The average molecular weight is 423 g/mol. The lowest BCUT2D eigenvalue weighted by Crippen LogP contribution is -2.47. The Morgan fingerprint density at radius 3 is 2.95 bits per heavy atom. The van der Waals surface area contributed by atoms with Gasteiger partial charge in [-0.25, -0.2) is 4.98 Å². The predicted octanol–water partition coefficient (Wildman–Crippen LogP) is 4.01. The smallest absolute Gasteiger partial charge is 0.273 e. The molecule has 4 nitrogen and oxygen atoms in total. The minimum Gasteiger partial charge on any atom is -0.333 e. The summed E-state index contributed by atoms with van der Waals surface area (Å²) in [5.41, 5.74) is 6.33. The summed E-state index contributed by atoms with van der Waals surface area (Å²) in [6.45, 7) is 1.32. The molecular weight excluding hydrogens is 406 g/mol. The van der Waals surface area contributed by atoms with Crippen LogP contribution in [0.3, 0.4) is 0 Å². The third-order valence-corrected chi connectivity index (χ3v) is 6.30. The topological polar surface area (TPSA) is 59.2 Å². The summed E-state index contributed by atoms with van der Waals surface area (Å²) >= 11 is 6.59. The first kappa shape index (κ1) is 17.9. The maximum absolute atomic E-state index is 12.6. The van der Waals surface area contributed by atoms with Gasteiger partial charge in [0.2, 0.25) is 0 Å². The molecule has 0 radical (unpaired) electrons. The van der Waals surface area contributed by atoms with Crippen LogP contribution in [0.5, 0.6) is 0 Å². The number of hydrogen-bond acceptors (Lipinski definition) is 5. The Morgan fingerprint density at radius 1 is 1.45 bits per heavy atom. The molecule has 2 aromatic heterocycles. The third kappa shape index (κ3) is 3.71. The number of hydrogen-bond donors (Lipinski definition) is 1. The zero-order valence-electron chi connectivity index (χ0n) is 11.8. The summed E-state index contributed by atoms with van der Waals surface area (Å²) in [4.78, 5) is 20.1. The van der Waals surface area contributed by atoms with Crippen molar-refractivity contribution in [1.29, 1.82) is 0 Å². The first-order chi connectivity index (χ1) is 10.2. The SMILES string of the molecule is Cl.NCC1CCCCN1C(=O)c1csc(-c2ccc(Br)s2)n1. The number of halogens is 2. The molecule has 2 aromatic rings. The molecule has 0 saturated carbocycles. The second-order valence-electron chi connectivity index (χ2n) is 5.03. The number of rotatable bonds is 3. The number of piperidine rings is 1. The van der Waals surface area contributed by atoms with Gasteiger partial charge in [0.1, 0.15) is 10.7 Å². The number of thiazole rings is 1. The van der Waals surface area contributed by atoms with E-state index in [1.165, 1.54) is 11.3 Å². The van der Waals surface area contributed by atoms with Crippen LogP contribution in [0.25, 0.3) is 9.88 Å². The Labute approximate surface area is 152 Å². The van der Waals surface area contributed by atoms with Crippen molar-refractivity contribution in [2.45, 2.75) is 25.3 Å². The van der Waals surface area contributed by atoms with E-state index in [0.29, 0.717) is 12.2 Å². The van der Waals surface area contributed by atoms with Crippen LogP contribution in [0.1, 0.15) is 29.8 Å². The van der Waals surface area contributed by atoms with Gasteiger partial charge in [-0.1, -0.05) is 0 Å². The Hall–Kier alpha value is -0.470. The van der Waals surface area contributed by atoms with E-state index < -0.39 is 0 Å². The fourth-order valence-corrected chi connectivity index (χ4v) is 4.83. The lowest BCUT2D eigenvalue weighted by Gasteiger charge is -2.34. The van der Waals surface area contributed by atoms with Crippen molar-refractivity contribution in [3.8, 4) is 9.88 Å². The molecule has 1 amide bonds. The van der Waals surface area contributed by atoms with Crippen LogP contribution in [0, 0.1) is 0 Å². The van der Waals surface area contributed by atoms with Gasteiger partial charge in [-0.05, 0) is 47.3 Å². The summed E-state index contributed by atoms with van der Waals surface area (Å²) < 4.78 is 1.07. The third-order valence-electron chi connectivity index (χ3n) is 3.67. The van der Waals surface area contributed by atoms with Gasteiger partial charge in [-0.3, -0.25) is 4.79 Å². The van der Waals surface area contributed by atoms with E-state index in [0.717, 1.165) is 39.5 Å². The van der Waals surface area contributed by atoms with Gasteiger partial charge in [0.15, 0.2) is 0 Å². The Morgan fingerprint density at radius 2 is 2.27 bits per heavy atom. The first-order valence-electron chi connectivity index (χ1n) is 6.91. The number of amides is 1. The van der Waals surface area contributed by atoms with E-state index in [9.17, 15) is 4.79 Å². The van der Waals surface area contributed by atoms with Gasteiger partial charge in [0.25, 0.3) is 5.91 Å². The molecule has 3 rings (SSSR count). The lowest BCUT2D eigenvalue weighted by molar-refractivity contribution is 0.0618. The molecule has 3 heterocycles. The van der Waals surface area contributed by atoms with Crippen LogP contribution in [0.15, 0.2) is 21.3 Å². The van der Waals surface area contributed by atoms with Gasteiger partial charge in [-0.15, -0.1) is 35.1 Å². The largest absolute Gasteiger partial charge is 0.333 e. The molecule has 0 aliphatic carbocycles. The molecule has 1 aliphatic heterocycles. The van der Waals surface area contributed by atoms with E-state index in [-0.39, 0.29) is 24.4 Å². The first-order valence-corrected chi connectivity index (χ1v) is 9.40. The Kier molecular flexibility index (Phi) is 6.40. The number of carbonyl (C=O) groups excluding carboxylic acids is 1. The summed E-state index contributed by atoms with van der Waals surface area (Å²) in [6.07, 6.45) is 3.20. The molecule has 1 fully saturated rings. The van der Waals surface area contributed by atoms with Crippen LogP contribution >= 0.6 is 51.0 Å². The van der Waals surface area contributed by atoms with Crippen molar-refractivity contribution in [3.05, 3.63) is 27.0 Å². The van der Waals surface area contributed by atoms with Crippen LogP contribution < -0.4 is 5.73 Å². The molecule has 2 N–H and O–H groups in total. The lowest BCUT2D eigenvalue weighted by atomic mass is 10.0. The number of aromatic nitrogens is 1. The molecule has 22 heavy (non-hydrogen) atoms. The summed E-state index contributed by atoms with van der Waals surface area (Å²) in [5, 5.41) is 2.75. The highest BCUT2D eigenvalue weighted by molar-refractivity contribution is 9.11. The Balaban J connectivity index is 0.00000176. The normalized spacial score (nSPS) is 18.1. The van der Waals surface area contributed by atoms with Gasteiger partial charge < -0.3 is 10.6 Å². The van der Waals surface area contributed by atoms with E-state index in [1.807, 2.05) is 22.4 Å². The van der Waals surface area contributed by atoms with Crippen LogP contribution in [-0.4, -0.2) is 34.9 Å². The number of nitrogens with two attached hydrogens (primary N) is 1. The Bertz CT molecular complexity index is 646. The maximum atomic E-state index is 12.6. The maximum Gasteiger partial charge on any atom is 0.273 e. The van der Waals surface area contributed by atoms with E-state index in [4.69, 9.17) is 5.73 Å². The second kappa shape index (κ2) is 7.88.